The third kappa shape index (κ3) is 8.12. The second kappa shape index (κ2) is 9.00. The Morgan fingerprint density at radius 3 is 2.31 bits per heavy atom. The van der Waals surface area contributed by atoms with Gasteiger partial charge in [0.05, 0.1) is 5.60 Å². The van der Waals surface area contributed by atoms with Gasteiger partial charge in [0.25, 0.3) is 0 Å². The van der Waals surface area contributed by atoms with Crippen molar-refractivity contribution >= 4 is 0 Å². The second-order valence-corrected chi connectivity index (χ2v) is 5.14. The SMILES string of the molecule is CCCCC([CH]OOC(C)(C)CCC)CC. The first-order valence-corrected chi connectivity index (χ1v) is 6.73. The maximum Gasteiger partial charge on any atom is 0.125 e. The number of rotatable bonds is 10. The Morgan fingerprint density at radius 2 is 1.81 bits per heavy atom. The van der Waals surface area contributed by atoms with Gasteiger partial charge >= 0.3 is 0 Å². The van der Waals surface area contributed by atoms with Gasteiger partial charge in [0.2, 0.25) is 0 Å². The summed E-state index contributed by atoms with van der Waals surface area (Å²) in [7, 11) is 0. The van der Waals surface area contributed by atoms with E-state index in [4.69, 9.17) is 9.78 Å². The Labute approximate surface area is 102 Å². The molecule has 1 unspecified atom stereocenters. The maximum atomic E-state index is 5.43. The molecule has 0 spiro atoms. The molecule has 0 aromatic carbocycles. The van der Waals surface area contributed by atoms with E-state index in [1.165, 1.54) is 19.3 Å². The van der Waals surface area contributed by atoms with Crippen LogP contribution in [0, 0.1) is 12.5 Å². The molecule has 2 heteroatoms. The highest BCUT2D eigenvalue weighted by atomic mass is 17.2. The summed E-state index contributed by atoms with van der Waals surface area (Å²) in [5, 5.41) is 0. The molecule has 2 nitrogen and oxygen atoms in total. The Hall–Kier alpha value is -0.0800. The number of hydrogen-bond donors (Lipinski definition) is 0. The average molecular weight is 229 g/mol. The standard InChI is InChI=1S/C14H29O2/c1-6-9-10-13(8-3)12-15-16-14(4,5)11-7-2/h12-13H,6-11H2,1-5H3. The van der Waals surface area contributed by atoms with Crippen molar-refractivity contribution in [2.75, 3.05) is 0 Å². The minimum Gasteiger partial charge on any atom is -0.230 e. The molecule has 0 aromatic heterocycles. The molecule has 0 amide bonds. The van der Waals surface area contributed by atoms with E-state index in [0.29, 0.717) is 5.92 Å². The monoisotopic (exact) mass is 229 g/mol. The molecule has 0 aliphatic heterocycles. The van der Waals surface area contributed by atoms with Crippen molar-refractivity contribution in [1.29, 1.82) is 0 Å². The minimum absolute atomic E-state index is 0.172. The molecular weight excluding hydrogens is 200 g/mol. The Kier molecular flexibility index (Phi) is 8.96. The van der Waals surface area contributed by atoms with E-state index in [1.54, 1.807) is 0 Å². The lowest BCUT2D eigenvalue weighted by atomic mass is 10.0. The van der Waals surface area contributed by atoms with E-state index in [-0.39, 0.29) is 5.60 Å². The highest BCUT2D eigenvalue weighted by molar-refractivity contribution is 4.67. The van der Waals surface area contributed by atoms with Gasteiger partial charge in [-0.2, -0.15) is 0 Å². The first-order chi connectivity index (χ1) is 7.55. The molecule has 1 atom stereocenters. The fraction of sp³-hybridized carbons (Fsp3) is 0.929. The predicted molar refractivity (Wildman–Crippen MR) is 68.8 cm³/mol. The lowest BCUT2D eigenvalue weighted by Crippen LogP contribution is -2.24. The molecule has 0 rings (SSSR count). The van der Waals surface area contributed by atoms with Crippen LogP contribution in [0.4, 0.5) is 0 Å². The van der Waals surface area contributed by atoms with E-state index in [1.807, 2.05) is 6.61 Å². The molecule has 0 aliphatic rings. The lowest BCUT2D eigenvalue weighted by Gasteiger charge is -2.24. The second-order valence-electron chi connectivity index (χ2n) is 5.14. The van der Waals surface area contributed by atoms with Crippen molar-refractivity contribution in [1.82, 2.24) is 0 Å². The van der Waals surface area contributed by atoms with Crippen LogP contribution in [0.15, 0.2) is 0 Å². The van der Waals surface area contributed by atoms with Gasteiger partial charge in [-0.25, -0.2) is 9.78 Å². The fourth-order valence-electron chi connectivity index (χ4n) is 1.72. The molecule has 0 saturated carbocycles. The molecule has 0 heterocycles. The lowest BCUT2D eigenvalue weighted by molar-refractivity contribution is -0.337. The fourth-order valence-corrected chi connectivity index (χ4v) is 1.72. The van der Waals surface area contributed by atoms with Gasteiger partial charge in [-0.3, -0.25) is 0 Å². The molecule has 0 aliphatic carbocycles. The highest BCUT2D eigenvalue weighted by Gasteiger charge is 2.19. The Bertz CT molecular complexity index is 155. The van der Waals surface area contributed by atoms with E-state index in [0.717, 1.165) is 19.3 Å². The molecule has 0 saturated heterocycles. The minimum atomic E-state index is -0.172. The molecule has 0 aromatic rings. The van der Waals surface area contributed by atoms with Crippen molar-refractivity contribution in [2.24, 2.45) is 5.92 Å². The van der Waals surface area contributed by atoms with Crippen molar-refractivity contribution in [3.05, 3.63) is 6.61 Å². The van der Waals surface area contributed by atoms with Crippen molar-refractivity contribution in [3.8, 4) is 0 Å². The first kappa shape index (κ1) is 15.9. The Balaban J connectivity index is 3.68. The van der Waals surface area contributed by atoms with E-state index in [2.05, 4.69) is 34.6 Å². The Morgan fingerprint density at radius 1 is 1.12 bits per heavy atom. The summed E-state index contributed by atoms with van der Waals surface area (Å²) in [5.74, 6) is 0.525. The van der Waals surface area contributed by atoms with Crippen LogP contribution in [0.3, 0.4) is 0 Å². The predicted octanol–water partition coefficient (Wildman–Crippen LogP) is 4.89. The number of hydrogen-bond acceptors (Lipinski definition) is 2. The molecular formula is C14H29O2. The zero-order chi connectivity index (χ0) is 12.4. The quantitative estimate of drug-likeness (QED) is 0.392. The van der Waals surface area contributed by atoms with Crippen molar-refractivity contribution < 1.29 is 9.78 Å². The van der Waals surface area contributed by atoms with Gasteiger partial charge in [-0.05, 0) is 32.6 Å². The van der Waals surface area contributed by atoms with E-state index >= 15 is 0 Å². The molecule has 0 fully saturated rings. The number of unbranched alkanes of at least 4 members (excludes halogenated alkanes) is 1. The van der Waals surface area contributed by atoms with Crippen LogP contribution in [0.2, 0.25) is 0 Å². The zero-order valence-corrected chi connectivity index (χ0v) is 11.7. The molecule has 16 heavy (non-hydrogen) atoms. The van der Waals surface area contributed by atoms with Crippen LogP contribution >= 0.6 is 0 Å². The van der Waals surface area contributed by atoms with Gasteiger partial charge in [0, 0.05) is 0 Å². The van der Waals surface area contributed by atoms with Crippen LogP contribution < -0.4 is 0 Å². The van der Waals surface area contributed by atoms with E-state index in [9.17, 15) is 0 Å². The third-order valence-electron chi connectivity index (χ3n) is 2.83. The normalized spacial score (nSPS) is 14.1. The molecule has 0 bridgehead atoms. The summed E-state index contributed by atoms with van der Waals surface area (Å²) in [5.41, 5.74) is -0.172. The summed E-state index contributed by atoms with van der Waals surface area (Å²) in [6.07, 6.45) is 6.96. The summed E-state index contributed by atoms with van der Waals surface area (Å²) >= 11 is 0. The zero-order valence-electron chi connectivity index (χ0n) is 11.7. The summed E-state index contributed by atoms with van der Waals surface area (Å²) in [6, 6.07) is 0. The van der Waals surface area contributed by atoms with Crippen molar-refractivity contribution in [3.63, 3.8) is 0 Å². The van der Waals surface area contributed by atoms with Gasteiger partial charge < -0.3 is 0 Å². The topological polar surface area (TPSA) is 18.5 Å². The summed E-state index contributed by atoms with van der Waals surface area (Å²) < 4.78 is 0. The average Bonchev–Trinajstić information content (AvgIpc) is 2.22. The molecule has 1 radical (unpaired) electrons. The third-order valence-corrected chi connectivity index (χ3v) is 2.83. The van der Waals surface area contributed by atoms with Crippen LogP contribution in [0.5, 0.6) is 0 Å². The smallest absolute Gasteiger partial charge is 0.125 e. The molecule has 97 valence electrons. The van der Waals surface area contributed by atoms with Gasteiger partial charge in [0.1, 0.15) is 6.61 Å². The van der Waals surface area contributed by atoms with Crippen LogP contribution in [0.1, 0.15) is 73.1 Å². The van der Waals surface area contributed by atoms with Gasteiger partial charge in [-0.1, -0.05) is 46.5 Å². The first-order valence-electron chi connectivity index (χ1n) is 6.73. The summed E-state index contributed by atoms with van der Waals surface area (Å²) in [6.45, 7) is 12.6. The summed E-state index contributed by atoms with van der Waals surface area (Å²) in [4.78, 5) is 10.7. The van der Waals surface area contributed by atoms with Crippen molar-refractivity contribution in [2.45, 2.75) is 78.7 Å². The van der Waals surface area contributed by atoms with E-state index < -0.39 is 0 Å². The van der Waals surface area contributed by atoms with Crippen LogP contribution in [-0.4, -0.2) is 5.60 Å². The van der Waals surface area contributed by atoms with Crippen LogP contribution in [0.25, 0.3) is 0 Å². The highest BCUT2D eigenvalue weighted by Crippen LogP contribution is 2.21. The van der Waals surface area contributed by atoms with Gasteiger partial charge in [-0.15, -0.1) is 0 Å². The largest absolute Gasteiger partial charge is 0.230 e. The maximum absolute atomic E-state index is 5.43. The van der Waals surface area contributed by atoms with Gasteiger partial charge in [0.15, 0.2) is 0 Å². The van der Waals surface area contributed by atoms with Crippen LogP contribution in [-0.2, 0) is 9.78 Å². The molecule has 0 N–H and O–H groups in total.